The number of rotatable bonds is 4. The van der Waals surface area contributed by atoms with Crippen LogP contribution in [0.2, 0.25) is 5.02 Å². The van der Waals surface area contributed by atoms with Gasteiger partial charge in [0.2, 0.25) is 5.71 Å². The molecule has 1 aromatic rings. The fraction of sp³-hybridized carbons (Fsp3) is 0.400. The highest BCUT2D eigenvalue weighted by molar-refractivity contribution is 6.34. The van der Waals surface area contributed by atoms with E-state index in [2.05, 4.69) is 27.3 Å². The molecule has 0 atom stereocenters. The van der Waals surface area contributed by atoms with E-state index in [0.29, 0.717) is 10.7 Å². The Kier molecular flexibility index (Phi) is 5.60. The van der Waals surface area contributed by atoms with E-state index in [1.54, 1.807) is 12.1 Å². The van der Waals surface area contributed by atoms with E-state index in [-0.39, 0.29) is 5.71 Å². The molecule has 1 saturated heterocycles. The van der Waals surface area contributed by atoms with Crippen molar-refractivity contribution in [1.82, 2.24) is 4.90 Å². The van der Waals surface area contributed by atoms with Gasteiger partial charge in [0.05, 0.1) is 16.4 Å². The van der Waals surface area contributed by atoms with Gasteiger partial charge in [-0.25, -0.2) is 0 Å². The van der Waals surface area contributed by atoms with Gasteiger partial charge in [0.15, 0.2) is 0 Å². The van der Waals surface area contributed by atoms with Crippen LogP contribution in [0.25, 0.3) is 0 Å². The van der Waals surface area contributed by atoms with Crippen molar-refractivity contribution in [1.29, 1.82) is 10.5 Å². The largest absolute Gasteiger partial charge is 0.366 e. The number of likely N-dealkylation sites (N-methyl/N-ethyl adjacent to an activating group) is 1. The van der Waals surface area contributed by atoms with Crippen LogP contribution in [0.3, 0.4) is 0 Å². The van der Waals surface area contributed by atoms with Crippen molar-refractivity contribution in [3.05, 3.63) is 23.2 Å². The summed E-state index contributed by atoms with van der Waals surface area (Å²) in [5, 5.41) is 21.9. The van der Waals surface area contributed by atoms with Gasteiger partial charge in [-0.05, 0) is 18.7 Å². The van der Waals surface area contributed by atoms with E-state index in [9.17, 15) is 0 Å². The summed E-state index contributed by atoms with van der Waals surface area (Å²) in [6.45, 7) is 6.90. The summed E-state index contributed by atoms with van der Waals surface area (Å²) in [5.74, 6) is 0. The van der Waals surface area contributed by atoms with Gasteiger partial charge in [-0.1, -0.05) is 24.6 Å². The molecule has 1 aliphatic rings. The summed E-state index contributed by atoms with van der Waals surface area (Å²) < 4.78 is 0. The lowest BCUT2D eigenvalue weighted by molar-refractivity contribution is 0.271. The number of nitrogens with one attached hydrogen (secondary N) is 1. The topological polar surface area (TPSA) is 78.4 Å². The van der Waals surface area contributed by atoms with E-state index >= 15 is 0 Å². The molecule has 0 amide bonds. The highest BCUT2D eigenvalue weighted by Crippen LogP contribution is 2.34. The van der Waals surface area contributed by atoms with Crippen LogP contribution in [0.1, 0.15) is 6.92 Å². The maximum Gasteiger partial charge on any atom is 0.237 e. The van der Waals surface area contributed by atoms with Crippen molar-refractivity contribution in [3.63, 3.8) is 0 Å². The van der Waals surface area contributed by atoms with E-state index < -0.39 is 0 Å². The molecule has 0 aromatic heterocycles. The average molecular weight is 317 g/mol. The zero-order chi connectivity index (χ0) is 15.9. The molecule has 0 spiro atoms. The molecule has 6 nitrogen and oxygen atoms in total. The zero-order valence-electron chi connectivity index (χ0n) is 12.4. The highest BCUT2D eigenvalue weighted by Gasteiger charge is 2.20. The number of piperazine rings is 1. The van der Waals surface area contributed by atoms with E-state index in [1.807, 2.05) is 18.2 Å². The van der Waals surface area contributed by atoms with E-state index in [1.165, 1.54) is 0 Å². The van der Waals surface area contributed by atoms with Gasteiger partial charge >= 0.3 is 0 Å². The first kappa shape index (κ1) is 16.1. The van der Waals surface area contributed by atoms with Crippen molar-refractivity contribution in [2.75, 3.05) is 43.0 Å². The van der Waals surface area contributed by atoms with Gasteiger partial charge < -0.3 is 9.80 Å². The molecule has 1 fully saturated rings. The minimum Gasteiger partial charge on any atom is -0.366 e. The Morgan fingerprint density at radius 1 is 1.27 bits per heavy atom. The second-order valence-electron chi connectivity index (χ2n) is 4.85. The summed E-state index contributed by atoms with van der Waals surface area (Å²) in [5.41, 5.74) is 4.12. The van der Waals surface area contributed by atoms with Crippen molar-refractivity contribution < 1.29 is 0 Å². The lowest BCUT2D eigenvalue weighted by atomic mass is 10.2. The smallest absolute Gasteiger partial charge is 0.237 e. The van der Waals surface area contributed by atoms with Crippen molar-refractivity contribution in [2.24, 2.45) is 5.10 Å². The van der Waals surface area contributed by atoms with Crippen LogP contribution in [0.15, 0.2) is 23.3 Å². The average Bonchev–Trinajstić information content (AvgIpc) is 2.56. The summed E-state index contributed by atoms with van der Waals surface area (Å²) in [7, 11) is 0. The molecule has 2 rings (SSSR count). The molecule has 1 N–H and O–H groups in total. The Morgan fingerprint density at radius 3 is 2.55 bits per heavy atom. The molecule has 7 heteroatoms. The molecule has 0 radical (unpaired) electrons. The monoisotopic (exact) mass is 316 g/mol. The van der Waals surface area contributed by atoms with Crippen LogP contribution in [0, 0.1) is 22.7 Å². The van der Waals surface area contributed by atoms with Crippen molar-refractivity contribution >= 4 is 28.7 Å². The first-order chi connectivity index (χ1) is 10.7. The molecule has 0 aliphatic carbocycles. The molecular weight excluding hydrogens is 300 g/mol. The Hall–Kier alpha value is -2.28. The minimum absolute atomic E-state index is 0.221. The number of hydrogen-bond acceptors (Lipinski definition) is 6. The van der Waals surface area contributed by atoms with Crippen molar-refractivity contribution in [3.8, 4) is 12.1 Å². The maximum absolute atomic E-state index is 8.75. The molecule has 1 heterocycles. The van der Waals surface area contributed by atoms with Gasteiger partial charge in [0.25, 0.3) is 0 Å². The van der Waals surface area contributed by atoms with Gasteiger partial charge in [-0.2, -0.15) is 15.6 Å². The number of hydrogen-bond donors (Lipinski definition) is 1. The second-order valence-corrected chi connectivity index (χ2v) is 5.26. The molecule has 0 bridgehead atoms. The van der Waals surface area contributed by atoms with Crippen LogP contribution < -0.4 is 10.3 Å². The molecule has 0 unspecified atom stereocenters. The number of hydrazone groups is 1. The van der Waals surface area contributed by atoms with Crippen LogP contribution in [-0.2, 0) is 0 Å². The molecule has 1 aromatic carbocycles. The third-order valence-electron chi connectivity index (χ3n) is 3.62. The predicted molar refractivity (Wildman–Crippen MR) is 88.1 cm³/mol. The second kappa shape index (κ2) is 7.65. The van der Waals surface area contributed by atoms with Crippen LogP contribution >= 0.6 is 11.6 Å². The normalized spacial score (nSPS) is 14.8. The zero-order valence-corrected chi connectivity index (χ0v) is 13.1. The summed E-state index contributed by atoms with van der Waals surface area (Å²) in [4.78, 5) is 4.58. The minimum atomic E-state index is -0.221. The lowest BCUT2D eigenvalue weighted by Gasteiger charge is -2.36. The number of benzene rings is 1. The fourth-order valence-electron chi connectivity index (χ4n) is 2.41. The number of para-hydroxylation sites is 1. The summed E-state index contributed by atoms with van der Waals surface area (Å²) >= 11 is 6.34. The number of anilines is 2. The Balaban J connectivity index is 2.23. The number of halogens is 1. The highest BCUT2D eigenvalue weighted by atomic mass is 35.5. The van der Waals surface area contributed by atoms with Gasteiger partial charge in [-0.15, -0.1) is 0 Å². The summed E-state index contributed by atoms with van der Waals surface area (Å²) in [6, 6.07) is 8.92. The molecular formula is C15H17ClN6. The predicted octanol–water partition coefficient (Wildman–Crippen LogP) is 2.30. The van der Waals surface area contributed by atoms with E-state index in [0.717, 1.165) is 38.4 Å². The molecule has 22 heavy (non-hydrogen) atoms. The molecule has 0 saturated carbocycles. The van der Waals surface area contributed by atoms with Gasteiger partial charge in [0, 0.05) is 26.2 Å². The first-order valence-electron chi connectivity index (χ1n) is 7.09. The Morgan fingerprint density at radius 2 is 1.95 bits per heavy atom. The SMILES string of the molecule is CCN1CCN(c2c(Cl)cccc2NN=C(C#N)C#N)CC1. The van der Waals surface area contributed by atoms with Crippen LogP contribution in [0.4, 0.5) is 11.4 Å². The van der Waals surface area contributed by atoms with Gasteiger partial charge in [0.1, 0.15) is 12.1 Å². The standard InChI is InChI=1S/C15H17ClN6/c1-2-21-6-8-22(9-7-21)15-13(16)4-3-5-14(15)20-19-12(10-17)11-18/h3-5,20H,2,6-9H2,1H3. The third-order valence-corrected chi connectivity index (χ3v) is 3.93. The maximum atomic E-state index is 8.75. The van der Waals surface area contributed by atoms with Crippen LogP contribution in [-0.4, -0.2) is 43.3 Å². The Labute approximate surface area is 135 Å². The van der Waals surface area contributed by atoms with Crippen LogP contribution in [0.5, 0.6) is 0 Å². The quantitative estimate of drug-likeness (QED) is 0.681. The summed E-state index contributed by atoms with van der Waals surface area (Å²) in [6.07, 6.45) is 0. The first-order valence-corrected chi connectivity index (χ1v) is 7.47. The van der Waals surface area contributed by atoms with Crippen molar-refractivity contribution in [2.45, 2.75) is 6.92 Å². The fourth-order valence-corrected chi connectivity index (χ4v) is 2.70. The van der Waals surface area contributed by atoms with E-state index in [4.69, 9.17) is 22.1 Å². The number of nitrogens with zero attached hydrogens (tertiary/aromatic N) is 5. The number of nitriles is 2. The lowest BCUT2D eigenvalue weighted by Crippen LogP contribution is -2.46. The van der Waals surface area contributed by atoms with Gasteiger partial charge in [-0.3, -0.25) is 5.43 Å². The third kappa shape index (κ3) is 3.67. The Bertz CT molecular complexity index is 618. The molecule has 114 valence electrons. The molecule has 1 aliphatic heterocycles.